The van der Waals surface area contributed by atoms with Gasteiger partial charge in [-0.2, -0.15) is 0 Å². The summed E-state index contributed by atoms with van der Waals surface area (Å²) in [5.74, 6) is 0. The lowest BCUT2D eigenvalue weighted by atomic mass is 10.2. The minimum Gasteiger partial charge on any atom is -0.371 e. The normalized spacial score (nSPS) is 9.98. The van der Waals surface area contributed by atoms with Gasteiger partial charge in [0.25, 0.3) is 0 Å². The summed E-state index contributed by atoms with van der Waals surface area (Å²) in [4.78, 5) is 17.0. The van der Waals surface area contributed by atoms with Crippen molar-refractivity contribution in [3.8, 4) is 0 Å². The molecule has 0 atom stereocenters. The molecule has 0 saturated carbocycles. The maximum Gasteiger partial charge on any atom is 0.133 e. The Hall–Kier alpha value is -2.63. The fourth-order valence-electron chi connectivity index (χ4n) is 3.12. The summed E-state index contributed by atoms with van der Waals surface area (Å²) in [6, 6.07) is 16.0. The monoisotopic (exact) mass is 631 g/mol. The lowest BCUT2D eigenvalue weighted by Crippen LogP contribution is -2.34. The topological polar surface area (TPSA) is 26.8 Å². The Morgan fingerprint density at radius 3 is 1.95 bits per heavy atom. The molecule has 0 bridgehead atoms. The zero-order chi connectivity index (χ0) is 33.5. The molecule has 0 aromatic heterocycles. The van der Waals surface area contributed by atoms with E-state index in [0.717, 1.165) is 51.0 Å². The van der Waals surface area contributed by atoms with Crippen LogP contribution in [-0.4, -0.2) is 62.9 Å². The number of rotatable bonds is 13. The molecular formula is C37H59Cl2N3O. The molecule has 0 amide bonds. The highest BCUT2D eigenvalue weighted by Gasteiger charge is 2.07. The first-order valence-corrected chi connectivity index (χ1v) is 15.9. The molecule has 0 saturated heterocycles. The molecule has 0 heterocycles. The van der Waals surface area contributed by atoms with Crippen molar-refractivity contribution in [3.63, 3.8) is 0 Å². The van der Waals surface area contributed by atoms with E-state index in [2.05, 4.69) is 97.3 Å². The molecule has 0 aliphatic heterocycles. The van der Waals surface area contributed by atoms with E-state index >= 15 is 0 Å². The van der Waals surface area contributed by atoms with E-state index in [0.29, 0.717) is 16.6 Å². The molecule has 0 N–H and O–H groups in total. The van der Waals surface area contributed by atoms with Crippen molar-refractivity contribution in [2.75, 3.05) is 51.7 Å². The van der Waals surface area contributed by atoms with Crippen LogP contribution < -0.4 is 4.90 Å². The summed E-state index contributed by atoms with van der Waals surface area (Å²) >= 11 is 12.0. The van der Waals surface area contributed by atoms with Gasteiger partial charge in [0.1, 0.15) is 6.29 Å². The van der Waals surface area contributed by atoms with Crippen molar-refractivity contribution in [3.05, 3.63) is 113 Å². The van der Waals surface area contributed by atoms with Crippen LogP contribution in [0.1, 0.15) is 60.5 Å². The van der Waals surface area contributed by atoms with Gasteiger partial charge in [0.05, 0.1) is 6.54 Å². The zero-order valence-electron chi connectivity index (χ0n) is 28.5. The van der Waals surface area contributed by atoms with Crippen LogP contribution in [0.3, 0.4) is 0 Å². The van der Waals surface area contributed by atoms with E-state index in [1.54, 1.807) is 12.1 Å². The number of allylic oxidation sites excluding steroid dienone is 5. The first kappa shape index (κ1) is 44.8. The third-order valence-corrected chi connectivity index (χ3v) is 5.82. The van der Waals surface area contributed by atoms with Crippen molar-refractivity contribution in [2.45, 2.75) is 61.4 Å². The van der Waals surface area contributed by atoms with E-state index in [-0.39, 0.29) is 0 Å². The lowest BCUT2D eigenvalue weighted by molar-refractivity contribution is -0.108. The third-order valence-electron chi connectivity index (χ3n) is 5.23. The Labute approximate surface area is 275 Å². The largest absolute Gasteiger partial charge is 0.371 e. The minimum atomic E-state index is 0.492. The summed E-state index contributed by atoms with van der Waals surface area (Å²) in [5, 5.41) is 1.35. The predicted molar refractivity (Wildman–Crippen MR) is 197 cm³/mol. The highest BCUT2D eigenvalue weighted by molar-refractivity contribution is 6.35. The fraction of sp³-hybridized carbons (Fsp3) is 0.432. The predicted octanol–water partition coefficient (Wildman–Crippen LogP) is 10.4. The molecule has 0 fully saturated rings. The maximum absolute atomic E-state index is 10.5. The van der Waals surface area contributed by atoms with E-state index in [1.807, 2.05) is 59.9 Å². The molecule has 0 radical (unpaired) electrons. The fourth-order valence-corrected chi connectivity index (χ4v) is 3.58. The summed E-state index contributed by atoms with van der Waals surface area (Å²) in [6.07, 6.45) is 12.3. The molecule has 2 aromatic rings. The molecule has 43 heavy (non-hydrogen) atoms. The molecule has 0 spiro atoms. The minimum absolute atomic E-state index is 0.492. The molecule has 242 valence electrons. The van der Waals surface area contributed by atoms with Gasteiger partial charge >= 0.3 is 0 Å². The molecule has 6 heteroatoms. The number of anilines is 1. The smallest absolute Gasteiger partial charge is 0.133 e. The van der Waals surface area contributed by atoms with E-state index in [1.165, 1.54) is 11.3 Å². The van der Waals surface area contributed by atoms with Crippen molar-refractivity contribution in [1.82, 2.24) is 9.80 Å². The van der Waals surface area contributed by atoms with Gasteiger partial charge in [0, 0.05) is 49.0 Å². The number of halogens is 2. The van der Waals surface area contributed by atoms with Gasteiger partial charge in [-0.1, -0.05) is 111 Å². The second-order valence-electron chi connectivity index (χ2n) is 9.63. The summed E-state index contributed by atoms with van der Waals surface area (Å²) in [6.45, 7) is 25.8. The maximum atomic E-state index is 10.5. The first-order valence-electron chi connectivity index (χ1n) is 15.1. The molecule has 0 aliphatic rings. The number of likely N-dealkylation sites (N-methyl/N-ethyl adjacent to an activating group) is 3. The number of nitrogens with zero attached hydrogens (tertiary/aromatic N) is 3. The van der Waals surface area contributed by atoms with Crippen molar-refractivity contribution >= 4 is 35.2 Å². The highest BCUT2D eigenvalue weighted by atomic mass is 35.5. The van der Waals surface area contributed by atoms with Gasteiger partial charge in [-0.3, -0.25) is 4.90 Å². The van der Waals surface area contributed by atoms with Gasteiger partial charge in [0.15, 0.2) is 0 Å². The Kier molecular flexibility index (Phi) is 33.6. The van der Waals surface area contributed by atoms with Gasteiger partial charge in [0.2, 0.25) is 0 Å². The van der Waals surface area contributed by atoms with Crippen LogP contribution in [0.15, 0.2) is 97.6 Å². The van der Waals surface area contributed by atoms with Crippen LogP contribution in [0.4, 0.5) is 5.69 Å². The van der Waals surface area contributed by atoms with Crippen LogP contribution >= 0.6 is 23.2 Å². The Balaban J connectivity index is -0.000000591. The van der Waals surface area contributed by atoms with Crippen molar-refractivity contribution < 1.29 is 4.79 Å². The van der Waals surface area contributed by atoms with Crippen LogP contribution in [0.2, 0.25) is 10.0 Å². The number of carbonyl (C=O) groups is 1. The van der Waals surface area contributed by atoms with Gasteiger partial charge in [-0.15, -0.1) is 13.2 Å². The lowest BCUT2D eigenvalue weighted by Gasteiger charge is -2.23. The average Bonchev–Trinajstić information content (AvgIpc) is 2.98. The third kappa shape index (κ3) is 29.2. The molecule has 0 unspecified atom stereocenters. The summed E-state index contributed by atoms with van der Waals surface area (Å²) in [7, 11) is 4.14. The van der Waals surface area contributed by atoms with Gasteiger partial charge in [-0.25, -0.2) is 0 Å². The molecule has 4 nitrogen and oxygen atoms in total. The second kappa shape index (κ2) is 32.3. The van der Waals surface area contributed by atoms with Crippen molar-refractivity contribution in [2.24, 2.45) is 0 Å². The Bertz CT molecular complexity index is 1000. The van der Waals surface area contributed by atoms with E-state index in [9.17, 15) is 4.79 Å². The SMILES string of the molecule is C=C(C)C.C=CC.CC.CC/C=C\C=C/CN(C)c1ccccc1.CCN(CC=O)CCN(C)Cc1ccc(Cl)cc1Cl. The standard InChI is InChI=1S/C14H20Cl2N2O.C14H19N.C4H8.C3H6.C2H6/c1-3-18(8-9-19)7-6-17(2)11-12-4-5-13(15)10-14(12)16;1-3-4-5-6-10-13-15(2)14-11-8-7-9-12-14;1-4(2)3;1-3-2;1-2/h4-5,9-10H,3,6-8,11H2,1-2H3;4-12H,3,13H2,1-2H3;1H2,2-3H3;3H,1H2,2H3;1-2H3/b;5-4-,10-6-;;;. The summed E-state index contributed by atoms with van der Waals surface area (Å²) < 4.78 is 0. The number of aldehydes is 1. The molecule has 2 aromatic carbocycles. The van der Waals surface area contributed by atoms with Crippen LogP contribution in [0.5, 0.6) is 0 Å². The van der Waals surface area contributed by atoms with E-state index < -0.39 is 0 Å². The van der Waals surface area contributed by atoms with Gasteiger partial charge < -0.3 is 14.6 Å². The Morgan fingerprint density at radius 2 is 1.47 bits per heavy atom. The molecular weight excluding hydrogens is 573 g/mol. The van der Waals surface area contributed by atoms with Gasteiger partial charge in [-0.05, 0) is 70.6 Å². The number of hydrogen-bond acceptors (Lipinski definition) is 4. The van der Waals surface area contributed by atoms with Crippen LogP contribution in [-0.2, 0) is 11.3 Å². The second-order valence-corrected chi connectivity index (χ2v) is 10.5. The van der Waals surface area contributed by atoms with Crippen LogP contribution in [0.25, 0.3) is 0 Å². The number of benzene rings is 2. The number of carbonyl (C=O) groups excluding carboxylic acids is 1. The van der Waals surface area contributed by atoms with Crippen molar-refractivity contribution in [1.29, 1.82) is 0 Å². The zero-order valence-corrected chi connectivity index (χ0v) is 30.0. The highest BCUT2D eigenvalue weighted by Crippen LogP contribution is 2.21. The summed E-state index contributed by atoms with van der Waals surface area (Å²) in [5.41, 5.74) is 3.48. The molecule has 2 rings (SSSR count). The van der Waals surface area contributed by atoms with Crippen LogP contribution in [0, 0.1) is 0 Å². The van der Waals surface area contributed by atoms with E-state index in [4.69, 9.17) is 23.2 Å². The number of hydrogen-bond donors (Lipinski definition) is 0. The first-order chi connectivity index (χ1) is 20.6. The molecule has 0 aliphatic carbocycles. The average molecular weight is 633 g/mol. The Morgan fingerprint density at radius 1 is 0.907 bits per heavy atom. The quantitative estimate of drug-likeness (QED) is 0.125. The number of para-hydroxylation sites is 1.